The lowest BCUT2D eigenvalue weighted by molar-refractivity contribution is 0.686. The molecule has 1 saturated carbocycles. The van der Waals surface area contributed by atoms with Crippen LogP contribution in [0.2, 0.25) is 0 Å². The third-order valence-electron chi connectivity index (χ3n) is 4.07. The average Bonchev–Trinajstić information content (AvgIpc) is 3.17. The summed E-state index contributed by atoms with van der Waals surface area (Å²) in [4.78, 5) is 4.46. The lowest BCUT2D eigenvalue weighted by atomic mass is 10.0. The number of aryl methyl sites for hydroxylation is 2. The molecule has 1 N–H and O–H groups in total. The molecule has 2 aromatic rings. The third kappa shape index (κ3) is 3.10. The van der Waals surface area contributed by atoms with Gasteiger partial charge in [-0.15, -0.1) is 0 Å². The van der Waals surface area contributed by atoms with E-state index < -0.39 is 0 Å². The lowest BCUT2D eigenvalue weighted by Crippen LogP contribution is -2.15. The van der Waals surface area contributed by atoms with Crippen LogP contribution in [-0.4, -0.2) is 15.6 Å². The van der Waals surface area contributed by atoms with Crippen molar-refractivity contribution in [2.75, 3.05) is 0 Å². The molecule has 0 bridgehead atoms. The zero-order valence-corrected chi connectivity index (χ0v) is 12.4. The van der Waals surface area contributed by atoms with E-state index in [1.165, 1.54) is 29.5 Å². The van der Waals surface area contributed by atoms with Gasteiger partial charge in [-0.25, -0.2) is 4.98 Å². The van der Waals surface area contributed by atoms with Crippen LogP contribution >= 0.6 is 0 Å². The molecule has 0 atom stereocenters. The molecule has 3 rings (SSSR count). The van der Waals surface area contributed by atoms with E-state index in [1.807, 2.05) is 6.20 Å². The Morgan fingerprint density at radius 3 is 2.90 bits per heavy atom. The zero-order chi connectivity index (χ0) is 13.9. The van der Waals surface area contributed by atoms with Gasteiger partial charge in [0, 0.05) is 37.9 Å². The predicted molar refractivity (Wildman–Crippen MR) is 81.7 cm³/mol. The molecule has 1 heterocycles. The lowest BCUT2D eigenvalue weighted by Gasteiger charge is -2.10. The summed E-state index contributed by atoms with van der Waals surface area (Å²) >= 11 is 0. The molecule has 0 amide bonds. The molecular weight excluding hydrogens is 246 g/mol. The molecule has 1 fully saturated rings. The fourth-order valence-electron chi connectivity index (χ4n) is 2.58. The SMILES string of the molecule is CCn1ccnc1Cc1ccc(CNC2CC2)cc1C. The summed E-state index contributed by atoms with van der Waals surface area (Å²) in [6, 6.07) is 7.58. The number of hydrogen-bond acceptors (Lipinski definition) is 2. The van der Waals surface area contributed by atoms with E-state index in [1.54, 1.807) is 0 Å². The molecule has 0 saturated heterocycles. The molecule has 1 aliphatic carbocycles. The topological polar surface area (TPSA) is 29.9 Å². The minimum atomic E-state index is 0.770. The Hall–Kier alpha value is -1.61. The molecule has 1 aromatic heterocycles. The van der Waals surface area contributed by atoms with Crippen molar-refractivity contribution < 1.29 is 0 Å². The van der Waals surface area contributed by atoms with Gasteiger partial charge in [0.15, 0.2) is 0 Å². The van der Waals surface area contributed by atoms with Crippen molar-refractivity contribution in [1.29, 1.82) is 0 Å². The molecule has 3 nitrogen and oxygen atoms in total. The summed E-state index contributed by atoms with van der Waals surface area (Å²) in [6.07, 6.45) is 7.55. The zero-order valence-electron chi connectivity index (χ0n) is 12.4. The Morgan fingerprint density at radius 2 is 2.20 bits per heavy atom. The van der Waals surface area contributed by atoms with Gasteiger partial charge in [-0.3, -0.25) is 0 Å². The highest BCUT2D eigenvalue weighted by Crippen LogP contribution is 2.20. The maximum atomic E-state index is 4.46. The largest absolute Gasteiger partial charge is 0.335 e. The smallest absolute Gasteiger partial charge is 0.113 e. The van der Waals surface area contributed by atoms with E-state index in [2.05, 4.69) is 53.1 Å². The Morgan fingerprint density at radius 1 is 1.35 bits per heavy atom. The van der Waals surface area contributed by atoms with Crippen molar-refractivity contribution >= 4 is 0 Å². The summed E-state index contributed by atoms with van der Waals surface area (Å²) in [7, 11) is 0. The van der Waals surface area contributed by atoms with Crippen molar-refractivity contribution in [3.8, 4) is 0 Å². The number of nitrogens with zero attached hydrogens (tertiary/aromatic N) is 2. The Kier molecular flexibility index (Phi) is 3.88. The standard InChI is InChI=1S/C17H23N3/c1-3-20-9-8-18-17(20)11-15-5-4-14(10-13(15)2)12-19-16-6-7-16/h4-5,8-10,16,19H,3,6-7,11-12H2,1-2H3. The molecule has 1 aromatic carbocycles. The maximum Gasteiger partial charge on any atom is 0.113 e. The second-order valence-corrected chi connectivity index (χ2v) is 5.72. The normalized spacial score (nSPS) is 14.7. The second-order valence-electron chi connectivity index (χ2n) is 5.72. The highest BCUT2D eigenvalue weighted by Gasteiger charge is 2.19. The number of hydrogen-bond donors (Lipinski definition) is 1. The van der Waals surface area contributed by atoms with Crippen molar-refractivity contribution in [3.05, 3.63) is 53.1 Å². The van der Waals surface area contributed by atoms with Crippen molar-refractivity contribution in [1.82, 2.24) is 14.9 Å². The van der Waals surface area contributed by atoms with Gasteiger partial charge in [0.25, 0.3) is 0 Å². The Bertz CT molecular complexity index is 582. The van der Waals surface area contributed by atoms with Crippen molar-refractivity contribution in [2.45, 2.75) is 52.2 Å². The molecule has 0 radical (unpaired) electrons. The van der Waals surface area contributed by atoms with Gasteiger partial charge in [0.2, 0.25) is 0 Å². The molecule has 0 aliphatic heterocycles. The summed E-state index contributed by atoms with van der Waals surface area (Å²) in [5, 5.41) is 3.57. The van der Waals surface area contributed by atoms with E-state index in [0.29, 0.717) is 0 Å². The summed E-state index contributed by atoms with van der Waals surface area (Å²) in [6.45, 7) is 6.34. The van der Waals surface area contributed by atoms with Gasteiger partial charge >= 0.3 is 0 Å². The second kappa shape index (κ2) is 5.80. The molecule has 106 valence electrons. The van der Waals surface area contributed by atoms with Crippen molar-refractivity contribution in [3.63, 3.8) is 0 Å². The van der Waals surface area contributed by atoms with Crippen LogP contribution in [0.1, 0.15) is 42.3 Å². The quantitative estimate of drug-likeness (QED) is 0.873. The van der Waals surface area contributed by atoms with Gasteiger partial charge in [0.05, 0.1) is 0 Å². The number of aromatic nitrogens is 2. The van der Waals surface area contributed by atoms with Crippen molar-refractivity contribution in [2.24, 2.45) is 0 Å². The highest BCUT2D eigenvalue weighted by molar-refractivity contribution is 5.33. The van der Waals surface area contributed by atoms with E-state index in [0.717, 1.165) is 31.4 Å². The average molecular weight is 269 g/mol. The molecule has 1 aliphatic rings. The van der Waals surface area contributed by atoms with E-state index in [9.17, 15) is 0 Å². The summed E-state index contributed by atoms with van der Waals surface area (Å²) in [5.74, 6) is 1.15. The Balaban J connectivity index is 1.69. The number of rotatable bonds is 6. The summed E-state index contributed by atoms with van der Waals surface area (Å²) < 4.78 is 2.21. The van der Waals surface area contributed by atoms with Crippen LogP contribution in [-0.2, 0) is 19.5 Å². The highest BCUT2D eigenvalue weighted by atomic mass is 15.0. The van der Waals surface area contributed by atoms with E-state index in [-0.39, 0.29) is 0 Å². The molecule has 3 heteroatoms. The number of benzene rings is 1. The first-order valence-electron chi connectivity index (χ1n) is 7.58. The van der Waals surface area contributed by atoms with Gasteiger partial charge < -0.3 is 9.88 Å². The molecular formula is C17H23N3. The van der Waals surface area contributed by atoms with Crippen LogP contribution in [0.5, 0.6) is 0 Å². The monoisotopic (exact) mass is 269 g/mol. The minimum absolute atomic E-state index is 0.770. The fourth-order valence-corrected chi connectivity index (χ4v) is 2.58. The molecule has 0 spiro atoms. The van der Waals surface area contributed by atoms with Gasteiger partial charge in [-0.2, -0.15) is 0 Å². The van der Waals surface area contributed by atoms with E-state index in [4.69, 9.17) is 0 Å². The van der Waals surface area contributed by atoms with Crippen LogP contribution in [0.3, 0.4) is 0 Å². The maximum absolute atomic E-state index is 4.46. The first kappa shape index (κ1) is 13.4. The first-order valence-corrected chi connectivity index (χ1v) is 7.58. The first-order chi connectivity index (χ1) is 9.76. The predicted octanol–water partition coefficient (Wildman–Crippen LogP) is 3.05. The van der Waals surface area contributed by atoms with Crippen LogP contribution < -0.4 is 5.32 Å². The van der Waals surface area contributed by atoms with Crippen LogP contribution in [0, 0.1) is 6.92 Å². The molecule has 0 unspecified atom stereocenters. The van der Waals surface area contributed by atoms with Crippen LogP contribution in [0.4, 0.5) is 0 Å². The van der Waals surface area contributed by atoms with Gasteiger partial charge in [-0.1, -0.05) is 18.2 Å². The van der Waals surface area contributed by atoms with Gasteiger partial charge in [0.1, 0.15) is 5.82 Å². The van der Waals surface area contributed by atoms with E-state index >= 15 is 0 Å². The van der Waals surface area contributed by atoms with Crippen LogP contribution in [0.25, 0.3) is 0 Å². The van der Waals surface area contributed by atoms with Gasteiger partial charge in [-0.05, 0) is 43.4 Å². The fraction of sp³-hybridized carbons (Fsp3) is 0.471. The number of nitrogens with one attached hydrogen (secondary N) is 1. The Labute approximate surface area is 121 Å². The van der Waals surface area contributed by atoms with Crippen LogP contribution in [0.15, 0.2) is 30.6 Å². The third-order valence-corrected chi connectivity index (χ3v) is 4.07. The molecule has 20 heavy (non-hydrogen) atoms. The number of imidazole rings is 1. The minimum Gasteiger partial charge on any atom is -0.335 e. The summed E-state index contributed by atoms with van der Waals surface area (Å²) in [5.41, 5.74) is 4.13.